The van der Waals surface area contributed by atoms with Crippen LogP contribution in [0.3, 0.4) is 0 Å². The van der Waals surface area contributed by atoms with Crippen molar-refractivity contribution in [3.05, 3.63) is 0 Å². The highest BCUT2D eigenvalue weighted by atomic mass is 16.2. The Kier molecular flexibility index (Phi) is 5.92. The quantitative estimate of drug-likeness (QED) is 0.702. The molecule has 0 aliphatic heterocycles. The van der Waals surface area contributed by atoms with Crippen LogP contribution in [0.2, 0.25) is 0 Å². The molecule has 0 aromatic rings. The Morgan fingerprint density at radius 2 is 2.00 bits per heavy atom. The molecule has 100 valence electrons. The van der Waals surface area contributed by atoms with Gasteiger partial charge < -0.3 is 16.0 Å². The highest BCUT2D eigenvalue weighted by Crippen LogP contribution is 2.26. The average Bonchev–Trinajstić information content (AvgIpc) is 2.74. The molecule has 0 atom stereocenters. The molecular weight excluding hydrogens is 214 g/mol. The van der Waals surface area contributed by atoms with E-state index in [1.165, 1.54) is 12.8 Å². The van der Waals surface area contributed by atoms with E-state index in [1.807, 2.05) is 0 Å². The molecule has 1 saturated carbocycles. The van der Waals surface area contributed by atoms with Gasteiger partial charge in [0.05, 0.1) is 5.54 Å². The van der Waals surface area contributed by atoms with Crippen LogP contribution in [-0.2, 0) is 4.79 Å². The third-order valence-corrected chi connectivity index (χ3v) is 3.62. The van der Waals surface area contributed by atoms with Gasteiger partial charge in [-0.05, 0) is 32.9 Å². The number of hydrogen-bond donors (Lipinski definition) is 2. The van der Waals surface area contributed by atoms with E-state index in [9.17, 15) is 4.79 Å². The van der Waals surface area contributed by atoms with Crippen molar-refractivity contribution >= 4 is 5.91 Å². The van der Waals surface area contributed by atoms with Crippen molar-refractivity contribution in [3.63, 3.8) is 0 Å². The van der Waals surface area contributed by atoms with Crippen molar-refractivity contribution in [2.24, 2.45) is 5.73 Å². The van der Waals surface area contributed by atoms with Crippen molar-refractivity contribution in [3.8, 4) is 0 Å². The fourth-order valence-corrected chi connectivity index (χ4v) is 2.31. The molecule has 4 nitrogen and oxygen atoms in total. The molecule has 0 aromatic heterocycles. The lowest BCUT2D eigenvalue weighted by atomic mass is 9.98. The van der Waals surface area contributed by atoms with Gasteiger partial charge in [0, 0.05) is 13.1 Å². The van der Waals surface area contributed by atoms with Gasteiger partial charge in [0.1, 0.15) is 0 Å². The van der Waals surface area contributed by atoms with Crippen LogP contribution in [-0.4, -0.2) is 43.0 Å². The number of amides is 1. The standard InChI is InChI=1S/C13H27N3O/c1-3-4-10-16(2)11-9-15-12(17)13(14)7-5-6-8-13/h3-11,14H2,1-2H3,(H,15,17). The monoisotopic (exact) mass is 241 g/mol. The molecule has 4 heteroatoms. The van der Waals surface area contributed by atoms with Crippen molar-refractivity contribution in [2.75, 3.05) is 26.7 Å². The molecule has 0 bridgehead atoms. The van der Waals surface area contributed by atoms with E-state index in [-0.39, 0.29) is 5.91 Å². The molecule has 1 rings (SSSR count). The molecule has 1 aliphatic rings. The minimum Gasteiger partial charge on any atom is -0.353 e. The fourth-order valence-electron chi connectivity index (χ4n) is 2.31. The number of unbranched alkanes of at least 4 members (excludes halogenated alkanes) is 1. The molecule has 1 fully saturated rings. The van der Waals surface area contributed by atoms with E-state index >= 15 is 0 Å². The van der Waals surface area contributed by atoms with Gasteiger partial charge in [-0.1, -0.05) is 26.2 Å². The lowest BCUT2D eigenvalue weighted by molar-refractivity contribution is -0.126. The van der Waals surface area contributed by atoms with Crippen molar-refractivity contribution in [1.82, 2.24) is 10.2 Å². The van der Waals surface area contributed by atoms with E-state index in [2.05, 4.69) is 24.2 Å². The van der Waals surface area contributed by atoms with Gasteiger partial charge in [-0.15, -0.1) is 0 Å². The van der Waals surface area contributed by atoms with Crippen LogP contribution >= 0.6 is 0 Å². The molecule has 0 saturated heterocycles. The van der Waals surface area contributed by atoms with Crippen molar-refractivity contribution < 1.29 is 4.79 Å². The normalized spacial score (nSPS) is 18.6. The van der Waals surface area contributed by atoms with Gasteiger partial charge >= 0.3 is 0 Å². The summed E-state index contributed by atoms with van der Waals surface area (Å²) >= 11 is 0. The highest BCUT2D eigenvalue weighted by molar-refractivity contribution is 5.86. The maximum absolute atomic E-state index is 11.9. The number of nitrogens with zero attached hydrogens (tertiary/aromatic N) is 1. The smallest absolute Gasteiger partial charge is 0.240 e. The maximum Gasteiger partial charge on any atom is 0.240 e. The first-order valence-electron chi connectivity index (χ1n) is 6.84. The van der Waals surface area contributed by atoms with Gasteiger partial charge in [0.25, 0.3) is 0 Å². The molecule has 3 N–H and O–H groups in total. The largest absolute Gasteiger partial charge is 0.353 e. The zero-order chi connectivity index (χ0) is 12.7. The van der Waals surface area contributed by atoms with Gasteiger partial charge in [-0.3, -0.25) is 4.79 Å². The molecule has 0 radical (unpaired) electrons. The summed E-state index contributed by atoms with van der Waals surface area (Å²) in [7, 11) is 2.09. The first kappa shape index (κ1) is 14.5. The first-order chi connectivity index (χ1) is 8.08. The zero-order valence-electron chi connectivity index (χ0n) is 11.3. The Morgan fingerprint density at radius 1 is 1.35 bits per heavy atom. The fraction of sp³-hybridized carbons (Fsp3) is 0.923. The summed E-state index contributed by atoms with van der Waals surface area (Å²) in [5.74, 6) is 0.0406. The van der Waals surface area contributed by atoms with Crippen LogP contribution in [0.25, 0.3) is 0 Å². The van der Waals surface area contributed by atoms with Gasteiger partial charge in [-0.2, -0.15) is 0 Å². The first-order valence-corrected chi connectivity index (χ1v) is 6.84. The lowest BCUT2D eigenvalue weighted by Crippen LogP contribution is -2.52. The summed E-state index contributed by atoms with van der Waals surface area (Å²) in [4.78, 5) is 14.2. The van der Waals surface area contributed by atoms with E-state index in [0.29, 0.717) is 6.54 Å². The molecule has 17 heavy (non-hydrogen) atoms. The molecule has 0 spiro atoms. The number of carbonyl (C=O) groups is 1. The van der Waals surface area contributed by atoms with Crippen LogP contribution in [0.4, 0.5) is 0 Å². The SMILES string of the molecule is CCCCN(C)CCNC(=O)C1(N)CCCC1. The summed E-state index contributed by atoms with van der Waals surface area (Å²) in [5.41, 5.74) is 5.49. The summed E-state index contributed by atoms with van der Waals surface area (Å²) < 4.78 is 0. The Balaban J connectivity index is 2.15. The Bertz CT molecular complexity index is 237. The summed E-state index contributed by atoms with van der Waals surface area (Å²) in [6.45, 7) is 4.90. The molecule has 0 unspecified atom stereocenters. The molecule has 1 aliphatic carbocycles. The van der Waals surface area contributed by atoms with Crippen LogP contribution in [0.1, 0.15) is 45.4 Å². The second-order valence-electron chi connectivity index (χ2n) is 5.28. The molecular formula is C13H27N3O. The summed E-state index contributed by atoms with van der Waals surface area (Å²) in [5, 5.41) is 2.97. The summed E-state index contributed by atoms with van der Waals surface area (Å²) in [6.07, 6.45) is 6.27. The predicted molar refractivity (Wildman–Crippen MR) is 70.8 cm³/mol. The molecule has 0 aromatic carbocycles. The van der Waals surface area contributed by atoms with Gasteiger partial charge in [0.2, 0.25) is 5.91 Å². The minimum atomic E-state index is -0.581. The van der Waals surface area contributed by atoms with Gasteiger partial charge in [-0.25, -0.2) is 0 Å². The molecule has 0 heterocycles. The Hall–Kier alpha value is -0.610. The van der Waals surface area contributed by atoms with Crippen LogP contribution in [0.15, 0.2) is 0 Å². The number of hydrogen-bond acceptors (Lipinski definition) is 3. The highest BCUT2D eigenvalue weighted by Gasteiger charge is 2.36. The van der Waals surface area contributed by atoms with Crippen LogP contribution in [0.5, 0.6) is 0 Å². The van der Waals surface area contributed by atoms with E-state index in [1.54, 1.807) is 0 Å². The average molecular weight is 241 g/mol. The zero-order valence-corrected chi connectivity index (χ0v) is 11.3. The van der Waals surface area contributed by atoms with E-state index < -0.39 is 5.54 Å². The summed E-state index contributed by atoms with van der Waals surface area (Å²) in [6, 6.07) is 0. The number of likely N-dealkylation sites (N-methyl/N-ethyl adjacent to an activating group) is 1. The topological polar surface area (TPSA) is 58.4 Å². The maximum atomic E-state index is 11.9. The predicted octanol–water partition coefficient (Wildman–Crippen LogP) is 1.11. The van der Waals surface area contributed by atoms with Gasteiger partial charge in [0.15, 0.2) is 0 Å². The number of nitrogens with two attached hydrogens (primary N) is 1. The third-order valence-electron chi connectivity index (χ3n) is 3.62. The third kappa shape index (κ3) is 4.64. The second-order valence-corrected chi connectivity index (χ2v) is 5.28. The Labute approximate surface area is 105 Å². The van der Waals surface area contributed by atoms with Crippen LogP contribution in [0, 0.1) is 0 Å². The molecule has 1 amide bonds. The number of rotatable bonds is 7. The lowest BCUT2D eigenvalue weighted by Gasteiger charge is -2.23. The van der Waals surface area contributed by atoms with Crippen LogP contribution < -0.4 is 11.1 Å². The Morgan fingerprint density at radius 3 is 2.59 bits per heavy atom. The van der Waals surface area contributed by atoms with Crippen molar-refractivity contribution in [2.45, 2.75) is 51.0 Å². The second kappa shape index (κ2) is 6.97. The number of nitrogens with one attached hydrogen (secondary N) is 1. The van der Waals surface area contributed by atoms with E-state index in [0.717, 1.165) is 38.8 Å². The minimum absolute atomic E-state index is 0.0406. The number of carbonyl (C=O) groups excluding carboxylic acids is 1. The van der Waals surface area contributed by atoms with E-state index in [4.69, 9.17) is 5.73 Å². The van der Waals surface area contributed by atoms with Crippen molar-refractivity contribution in [1.29, 1.82) is 0 Å².